The zero-order valence-electron chi connectivity index (χ0n) is 9.01. The van der Waals surface area contributed by atoms with Crippen LogP contribution in [0.2, 0.25) is 0 Å². The number of anilines is 1. The van der Waals surface area contributed by atoms with E-state index in [4.69, 9.17) is 15.6 Å². The molecule has 1 aromatic rings. The van der Waals surface area contributed by atoms with Crippen LogP contribution in [-0.2, 0) is 4.74 Å². The Morgan fingerprint density at radius 3 is 2.78 bits per heavy atom. The monoisotopic (exact) mass is 263 g/mol. The van der Waals surface area contributed by atoms with Crippen LogP contribution in [0.4, 0.5) is 14.6 Å². The number of aromatic amines is 1. The number of nitrogens with two attached hydrogens (primary N) is 1. The lowest BCUT2D eigenvalue weighted by Crippen LogP contribution is -2.38. The van der Waals surface area contributed by atoms with Crippen molar-refractivity contribution in [3.05, 3.63) is 22.2 Å². The molecule has 0 unspecified atom stereocenters. The first-order chi connectivity index (χ1) is 8.37. The number of aliphatic hydroxyl groups excluding tert-OH is 2. The van der Waals surface area contributed by atoms with Crippen LogP contribution in [-0.4, -0.2) is 44.9 Å². The molecule has 1 aromatic heterocycles. The second-order valence-electron chi connectivity index (χ2n) is 3.90. The second kappa shape index (κ2) is 4.26. The first-order valence-corrected chi connectivity index (χ1v) is 5.05. The Hall–Kier alpha value is -1.58. The quantitative estimate of drug-likeness (QED) is 0.530. The van der Waals surface area contributed by atoms with Gasteiger partial charge in [0.15, 0.2) is 6.10 Å². The number of nitrogens with one attached hydrogen (secondary N) is 1. The average molecular weight is 263 g/mol. The number of nitrogens with zero attached hydrogens (tertiary/aromatic N) is 1. The number of ether oxygens (including phenoxy) is 1. The van der Waals surface area contributed by atoms with Crippen molar-refractivity contribution in [2.45, 2.75) is 24.2 Å². The largest absolute Gasteiger partial charge is 0.394 e. The third-order valence-electron chi connectivity index (χ3n) is 2.74. The van der Waals surface area contributed by atoms with Crippen LogP contribution in [0.3, 0.4) is 0 Å². The molecule has 9 heteroatoms. The van der Waals surface area contributed by atoms with E-state index in [0.29, 0.717) is 0 Å². The third kappa shape index (κ3) is 1.85. The van der Waals surface area contributed by atoms with E-state index >= 15 is 0 Å². The number of hydrogen-bond donors (Lipinski definition) is 4. The van der Waals surface area contributed by atoms with Crippen LogP contribution >= 0.6 is 0 Å². The number of aromatic nitrogens is 2. The van der Waals surface area contributed by atoms with Crippen molar-refractivity contribution in [2.24, 2.45) is 0 Å². The summed E-state index contributed by atoms with van der Waals surface area (Å²) in [5, 5.41) is 18.1. The zero-order chi connectivity index (χ0) is 13.5. The summed E-state index contributed by atoms with van der Waals surface area (Å²) in [7, 11) is 0. The van der Waals surface area contributed by atoms with Gasteiger partial charge >= 0.3 is 11.6 Å². The highest BCUT2D eigenvalue weighted by atomic mass is 19.3. The molecule has 2 heterocycles. The minimum absolute atomic E-state index is 0.241. The minimum Gasteiger partial charge on any atom is -0.394 e. The fraction of sp³-hybridized carbons (Fsp3) is 0.556. The summed E-state index contributed by atoms with van der Waals surface area (Å²) in [6, 6.07) is 0. The van der Waals surface area contributed by atoms with Gasteiger partial charge in [0.25, 0.3) is 0 Å². The number of rotatable bonds is 2. The molecule has 0 aromatic carbocycles. The average Bonchev–Trinajstić information content (AvgIpc) is 2.52. The van der Waals surface area contributed by atoms with E-state index in [-0.39, 0.29) is 5.56 Å². The van der Waals surface area contributed by atoms with Crippen LogP contribution in [0.15, 0.2) is 11.0 Å². The van der Waals surface area contributed by atoms with Crippen LogP contribution in [0.5, 0.6) is 0 Å². The number of halogens is 2. The van der Waals surface area contributed by atoms with Crippen LogP contribution < -0.4 is 11.4 Å². The number of H-pyrrole nitrogens is 1. The van der Waals surface area contributed by atoms with Crippen molar-refractivity contribution < 1.29 is 23.7 Å². The van der Waals surface area contributed by atoms with Crippen molar-refractivity contribution in [1.82, 2.24) is 9.97 Å². The highest BCUT2D eigenvalue weighted by Crippen LogP contribution is 2.46. The highest BCUT2D eigenvalue weighted by Gasteiger charge is 2.59. The molecule has 7 nitrogen and oxygen atoms in total. The maximum atomic E-state index is 13.7. The molecule has 0 amide bonds. The Balaban J connectivity index is 2.42. The molecule has 0 saturated carbocycles. The molecule has 0 aliphatic carbocycles. The number of hydrogen-bond acceptors (Lipinski definition) is 6. The summed E-state index contributed by atoms with van der Waals surface area (Å²) >= 11 is 0. The summed E-state index contributed by atoms with van der Waals surface area (Å²) in [6.07, 6.45) is -4.49. The molecule has 1 saturated heterocycles. The normalized spacial score (nSPS) is 30.6. The molecule has 0 radical (unpaired) electrons. The van der Waals surface area contributed by atoms with E-state index < -0.39 is 42.3 Å². The van der Waals surface area contributed by atoms with Crippen molar-refractivity contribution >= 4 is 5.82 Å². The molecule has 1 aliphatic heterocycles. The fourth-order valence-electron chi connectivity index (χ4n) is 1.80. The lowest BCUT2D eigenvalue weighted by atomic mass is 10.0. The number of aliphatic hydroxyl groups is 2. The Morgan fingerprint density at radius 2 is 2.28 bits per heavy atom. The van der Waals surface area contributed by atoms with E-state index in [9.17, 15) is 18.7 Å². The summed E-state index contributed by atoms with van der Waals surface area (Å²) in [4.78, 5) is 16.2. The zero-order valence-corrected chi connectivity index (χ0v) is 9.01. The summed E-state index contributed by atoms with van der Waals surface area (Å²) in [5.41, 5.74) is 4.34. The second-order valence-corrected chi connectivity index (χ2v) is 3.90. The van der Waals surface area contributed by atoms with E-state index in [1.54, 1.807) is 0 Å². The van der Waals surface area contributed by atoms with Crippen molar-refractivity contribution in [1.29, 1.82) is 0 Å². The lowest BCUT2D eigenvalue weighted by molar-refractivity contribution is -0.113. The van der Waals surface area contributed by atoms with Crippen molar-refractivity contribution in [2.75, 3.05) is 12.3 Å². The molecule has 0 bridgehead atoms. The van der Waals surface area contributed by atoms with Gasteiger partial charge in [0.2, 0.25) is 0 Å². The van der Waals surface area contributed by atoms with Gasteiger partial charge in [-0.1, -0.05) is 0 Å². The van der Waals surface area contributed by atoms with Gasteiger partial charge in [0.05, 0.1) is 6.61 Å². The Morgan fingerprint density at radius 1 is 1.61 bits per heavy atom. The third-order valence-corrected chi connectivity index (χ3v) is 2.74. The molecule has 5 N–H and O–H groups in total. The summed E-state index contributed by atoms with van der Waals surface area (Å²) < 4.78 is 32.3. The van der Waals surface area contributed by atoms with Gasteiger partial charge in [0.1, 0.15) is 18.0 Å². The van der Waals surface area contributed by atoms with Crippen LogP contribution in [0.25, 0.3) is 0 Å². The van der Waals surface area contributed by atoms with Gasteiger partial charge in [-0.05, 0) is 0 Å². The standard InChI is InChI=1S/C9H11F2N3O4/c10-9(11)5(16)4(2-15)18-6(9)3-1-13-8(17)14-7(3)12/h1,4-6,15-16H,2H2,(H3,12,13,14,17)/t4-,5-,6-/m1/s1. The minimum atomic E-state index is -3.64. The molecule has 3 atom stereocenters. The van der Waals surface area contributed by atoms with Gasteiger partial charge in [-0.3, -0.25) is 0 Å². The Bertz CT molecular complexity index is 507. The fourth-order valence-corrected chi connectivity index (χ4v) is 1.80. The van der Waals surface area contributed by atoms with Gasteiger partial charge in [0, 0.05) is 11.8 Å². The molecular weight excluding hydrogens is 252 g/mol. The van der Waals surface area contributed by atoms with Crippen LogP contribution in [0.1, 0.15) is 11.7 Å². The molecule has 100 valence electrons. The topological polar surface area (TPSA) is 121 Å². The Labute approximate surface area is 99.2 Å². The molecule has 18 heavy (non-hydrogen) atoms. The van der Waals surface area contributed by atoms with Gasteiger partial charge < -0.3 is 25.7 Å². The molecular formula is C9H11F2N3O4. The van der Waals surface area contributed by atoms with E-state index in [2.05, 4.69) is 9.97 Å². The van der Waals surface area contributed by atoms with E-state index in [1.165, 1.54) is 0 Å². The predicted molar refractivity (Wildman–Crippen MR) is 54.9 cm³/mol. The molecule has 2 rings (SSSR count). The maximum Gasteiger partial charge on any atom is 0.346 e. The lowest BCUT2D eigenvalue weighted by Gasteiger charge is -2.20. The first-order valence-electron chi connectivity index (χ1n) is 5.05. The van der Waals surface area contributed by atoms with Crippen molar-refractivity contribution in [3.8, 4) is 0 Å². The molecule has 0 spiro atoms. The summed E-state index contributed by atoms with van der Waals surface area (Å²) in [5.74, 6) is -4.05. The van der Waals surface area contributed by atoms with E-state index in [0.717, 1.165) is 6.20 Å². The van der Waals surface area contributed by atoms with Crippen LogP contribution in [0, 0.1) is 0 Å². The SMILES string of the molecule is Nc1nc(=O)[nH]cc1[C@H]1O[C@H](CO)[C@@H](O)C1(F)F. The Kier molecular flexibility index (Phi) is 3.05. The van der Waals surface area contributed by atoms with E-state index in [1.807, 2.05) is 0 Å². The molecule has 1 fully saturated rings. The van der Waals surface area contributed by atoms with Crippen molar-refractivity contribution in [3.63, 3.8) is 0 Å². The van der Waals surface area contributed by atoms with Gasteiger partial charge in [-0.25, -0.2) is 13.6 Å². The van der Waals surface area contributed by atoms with Gasteiger partial charge in [-0.2, -0.15) is 4.98 Å². The number of alkyl halides is 2. The highest BCUT2D eigenvalue weighted by molar-refractivity contribution is 5.40. The van der Waals surface area contributed by atoms with Gasteiger partial charge in [-0.15, -0.1) is 0 Å². The number of nitrogen functional groups attached to an aromatic ring is 1. The first kappa shape index (κ1) is 12.9. The maximum absolute atomic E-state index is 13.7. The summed E-state index contributed by atoms with van der Waals surface area (Å²) in [6.45, 7) is -0.760. The molecule has 1 aliphatic rings. The smallest absolute Gasteiger partial charge is 0.346 e. The predicted octanol–water partition coefficient (Wildman–Crippen LogP) is -1.22.